The van der Waals surface area contributed by atoms with Crippen LogP contribution in [-0.2, 0) is 4.79 Å². The molecular weight excluding hydrogens is 363 g/mol. The van der Waals surface area contributed by atoms with Gasteiger partial charge >= 0.3 is 0 Å². The molecule has 2 rings (SSSR count). The van der Waals surface area contributed by atoms with Gasteiger partial charge in [-0.3, -0.25) is 4.79 Å². The van der Waals surface area contributed by atoms with Crippen LogP contribution in [0.15, 0.2) is 46.9 Å². The molecule has 3 nitrogen and oxygen atoms in total. The lowest BCUT2D eigenvalue weighted by Crippen LogP contribution is -2.28. The van der Waals surface area contributed by atoms with Crippen LogP contribution in [-0.4, -0.2) is 5.91 Å². The summed E-state index contributed by atoms with van der Waals surface area (Å²) >= 11 is 15.5. The second-order valence-electron chi connectivity index (χ2n) is 4.13. The first-order valence-electron chi connectivity index (χ1n) is 5.74. The van der Waals surface area contributed by atoms with E-state index in [1.807, 2.05) is 24.3 Å². The van der Waals surface area contributed by atoms with Crippen molar-refractivity contribution >= 4 is 50.7 Å². The first-order chi connectivity index (χ1) is 9.49. The zero-order valence-electron chi connectivity index (χ0n) is 10.2. The highest BCUT2D eigenvalue weighted by molar-refractivity contribution is 9.10. The molecule has 0 aromatic heterocycles. The number of anilines is 1. The molecule has 0 aliphatic heterocycles. The summed E-state index contributed by atoms with van der Waals surface area (Å²) < 4.78 is 0.892. The summed E-state index contributed by atoms with van der Waals surface area (Å²) in [6.07, 6.45) is 0. The number of nitrogens with two attached hydrogens (primary N) is 1. The van der Waals surface area contributed by atoms with Crippen molar-refractivity contribution in [2.24, 2.45) is 5.73 Å². The van der Waals surface area contributed by atoms with Crippen LogP contribution in [0.5, 0.6) is 0 Å². The SMILES string of the molecule is NC(=O)C(Nc1cccc(Br)c1)c1cccc(Cl)c1Cl. The number of primary amides is 1. The highest BCUT2D eigenvalue weighted by atomic mass is 79.9. The smallest absolute Gasteiger partial charge is 0.244 e. The van der Waals surface area contributed by atoms with Gasteiger partial charge in [0.25, 0.3) is 0 Å². The Balaban J connectivity index is 2.37. The first-order valence-corrected chi connectivity index (χ1v) is 7.29. The third-order valence-corrected chi connectivity index (χ3v) is 4.04. The van der Waals surface area contributed by atoms with E-state index < -0.39 is 11.9 Å². The lowest BCUT2D eigenvalue weighted by molar-refractivity contribution is -0.118. The van der Waals surface area contributed by atoms with Crippen LogP contribution >= 0.6 is 39.1 Å². The van der Waals surface area contributed by atoms with Gasteiger partial charge in [-0.2, -0.15) is 0 Å². The van der Waals surface area contributed by atoms with Crippen LogP contribution < -0.4 is 11.1 Å². The van der Waals surface area contributed by atoms with Crippen molar-refractivity contribution in [3.05, 3.63) is 62.5 Å². The Hall–Kier alpha value is -1.23. The van der Waals surface area contributed by atoms with Crippen LogP contribution in [0.4, 0.5) is 5.69 Å². The Morgan fingerprint density at radius 2 is 1.90 bits per heavy atom. The van der Waals surface area contributed by atoms with Gasteiger partial charge in [0.1, 0.15) is 6.04 Å². The lowest BCUT2D eigenvalue weighted by Gasteiger charge is -2.19. The molecule has 3 N–H and O–H groups in total. The monoisotopic (exact) mass is 372 g/mol. The Morgan fingerprint density at radius 1 is 1.20 bits per heavy atom. The normalized spacial score (nSPS) is 11.9. The van der Waals surface area contributed by atoms with Gasteiger partial charge in [-0.15, -0.1) is 0 Å². The summed E-state index contributed by atoms with van der Waals surface area (Å²) in [6, 6.07) is 11.8. The van der Waals surface area contributed by atoms with Gasteiger partial charge in [0, 0.05) is 15.7 Å². The number of hydrogen-bond donors (Lipinski definition) is 2. The Morgan fingerprint density at radius 3 is 2.55 bits per heavy atom. The van der Waals surface area contributed by atoms with E-state index in [0.29, 0.717) is 15.6 Å². The Labute approximate surface area is 135 Å². The van der Waals surface area contributed by atoms with E-state index in [4.69, 9.17) is 28.9 Å². The molecule has 0 aliphatic rings. The molecule has 1 unspecified atom stereocenters. The highest BCUT2D eigenvalue weighted by Gasteiger charge is 2.21. The molecule has 20 heavy (non-hydrogen) atoms. The van der Waals surface area contributed by atoms with Crippen LogP contribution in [0.1, 0.15) is 11.6 Å². The van der Waals surface area contributed by atoms with Crippen molar-refractivity contribution in [3.63, 3.8) is 0 Å². The second kappa shape index (κ2) is 6.48. The summed E-state index contributed by atoms with van der Waals surface area (Å²) in [7, 11) is 0. The van der Waals surface area contributed by atoms with Gasteiger partial charge in [0.15, 0.2) is 0 Å². The quantitative estimate of drug-likeness (QED) is 0.834. The number of carbonyl (C=O) groups excluding carboxylic acids is 1. The van der Waals surface area contributed by atoms with Gasteiger partial charge in [-0.1, -0.05) is 57.3 Å². The predicted molar refractivity (Wildman–Crippen MR) is 86.2 cm³/mol. The van der Waals surface area contributed by atoms with E-state index in [0.717, 1.165) is 10.2 Å². The summed E-state index contributed by atoms with van der Waals surface area (Å²) in [5.41, 5.74) is 6.76. The van der Waals surface area contributed by atoms with Crippen LogP contribution in [0.25, 0.3) is 0 Å². The second-order valence-corrected chi connectivity index (χ2v) is 5.83. The predicted octanol–water partition coefficient (Wildman–Crippen LogP) is 4.39. The molecular formula is C14H11BrCl2N2O. The maximum Gasteiger partial charge on any atom is 0.244 e. The molecule has 1 atom stereocenters. The number of hydrogen-bond acceptors (Lipinski definition) is 2. The van der Waals surface area contributed by atoms with Gasteiger partial charge in [-0.05, 0) is 24.3 Å². The summed E-state index contributed by atoms with van der Waals surface area (Å²) in [5, 5.41) is 3.76. The highest BCUT2D eigenvalue weighted by Crippen LogP contribution is 2.32. The number of rotatable bonds is 4. The number of nitrogens with one attached hydrogen (secondary N) is 1. The van der Waals surface area contributed by atoms with E-state index in [9.17, 15) is 4.79 Å². The minimum absolute atomic E-state index is 0.320. The van der Waals surface area contributed by atoms with E-state index in [1.54, 1.807) is 18.2 Å². The molecule has 6 heteroatoms. The van der Waals surface area contributed by atoms with Crippen molar-refractivity contribution < 1.29 is 4.79 Å². The van der Waals surface area contributed by atoms with Gasteiger partial charge < -0.3 is 11.1 Å². The zero-order chi connectivity index (χ0) is 14.7. The topological polar surface area (TPSA) is 55.1 Å². The van der Waals surface area contributed by atoms with Crippen molar-refractivity contribution in [2.75, 3.05) is 5.32 Å². The molecule has 0 spiro atoms. The fourth-order valence-corrected chi connectivity index (χ4v) is 2.61. The minimum atomic E-state index is -0.754. The average molecular weight is 374 g/mol. The van der Waals surface area contributed by atoms with Crippen molar-refractivity contribution in [3.8, 4) is 0 Å². The van der Waals surface area contributed by atoms with Crippen molar-refractivity contribution in [1.29, 1.82) is 0 Å². The molecule has 0 radical (unpaired) electrons. The van der Waals surface area contributed by atoms with Crippen molar-refractivity contribution in [1.82, 2.24) is 0 Å². The average Bonchev–Trinajstić information content (AvgIpc) is 2.39. The molecule has 0 saturated carbocycles. The van der Waals surface area contributed by atoms with E-state index in [2.05, 4.69) is 21.2 Å². The molecule has 0 fully saturated rings. The molecule has 0 saturated heterocycles. The number of carbonyl (C=O) groups is 1. The van der Waals surface area contributed by atoms with Crippen LogP contribution in [0.3, 0.4) is 0 Å². The Bertz CT molecular complexity index is 649. The van der Waals surface area contributed by atoms with E-state index >= 15 is 0 Å². The first kappa shape index (κ1) is 15.2. The summed E-state index contributed by atoms with van der Waals surface area (Å²) in [6.45, 7) is 0. The molecule has 2 aromatic rings. The van der Waals surface area contributed by atoms with Crippen LogP contribution in [0.2, 0.25) is 10.0 Å². The number of amides is 1. The maximum atomic E-state index is 11.7. The summed E-state index contributed by atoms with van der Waals surface area (Å²) in [4.78, 5) is 11.7. The molecule has 2 aromatic carbocycles. The fraction of sp³-hybridized carbons (Fsp3) is 0.0714. The Kier molecular flexibility index (Phi) is 4.91. The molecule has 0 heterocycles. The van der Waals surface area contributed by atoms with Crippen molar-refractivity contribution in [2.45, 2.75) is 6.04 Å². The number of halogens is 3. The van der Waals surface area contributed by atoms with Gasteiger partial charge in [0.2, 0.25) is 5.91 Å². The molecule has 104 valence electrons. The lowest BCUT2D eigenvalue weighted by atomic mass is 10.1. The molecule has 0 aliphatic carbocycles. The third-order valence-electron chi connectivity index (χ3n) is 2.71. The van der Waals surface area contributed by atoms with Crippen LogP contribution in [0, 0.1) is 0 Å². The summed E-state index contributed by atoms with van der Waals surface area (Å²) in [5.74, 6) is -0.533. The zero-order valence-corrected chi connectivity index (χ0v) is 13.3. The standard InChI is InChI=1S/C14H11BrCl2N2O/c15-8-3-1-4-9(7-8)19-13(14(18)20)10-5-2-6-11(16)12(10)17/h1-7,13,19H,(H2,18,20). The molecule has 0 bridgehead atoms. The fourth-order valence-electron chi connectivity index (χ4n) is 1.79. The van der Waals surface area contributed by atoms with E-state index in [1.165, 1.54) is 0 Å². The van der Waals surface area contributed by atoms with Gasteiger partial charge in [-0.25, -0.2) is 0 Å². The van der Waals surface area contributed by atoms with Gasteiger partial charge in [0.05, 0.1) is 10.0 Å². The molecule has 1 amide bonds. The number of benzene rings is 2. The maximum absolute atomic E-state index is 11.7. The minimum Gasteiger partial charge on any atom is -0.370 e. The third kappa shape index (κ3) is 3.45. The largest absolute Gasteiger partial charge is 0.370 e. The van der Waals surface area contributed by atoms with E-state index in [-0.39, 0.29) is 0 Å².